The lowest BCUT2D eigenvalue weighted by Gasteiger charge is -2.24. The summed E-state index contributed by atoms with van der Waals surface area (Å²) < 4.78 is 10.1. The number of carbonyl (C=O) groups is 1. The van der Waals surface area contributed by atoms with Gasteiger partial charge in [-0.1, -0.05) is 44.5 Å². The van der Waals surface area contributed by atoms with Gasteiger partial charge in [0.1, 0.15) is 5.75 Å². The molecule has 0 N–H and O–H groups in total. The summed E-state index contributed by atoms with van der Waals surface area (Å²) in [7, 11) is 1.43. The first-order valence-electron chi connectivity index (χ1n) is 8.61. The molecule has 1 heterocycles. The second kappa shape index (κ2) is 9.73. The van der Waals surface area contributed by atoms with Gasteiger partial charge >= 0.3 is 5.97 Å². The number of carbonyl (C=O) groups excluding carboxylic acids is 1. The summed E-state index contributed by atoms with van der Waals surface area (Å²) in [5.41, 5.74) is 3.36. The van der Waals surface area contributed by atoms with E-state index in [1.165, 1.54) is 12.7 Å². The summed E-state index contributed by atoms with van der Waals surface area (Å²) in [4.78, 5) is 10.4. The van der Waals surface area contributed by atoms with Gasteiger partial charge in [-0.15, -0.1) is 0 Å². The molecule has 24 heavy (non-hydrogen) atoms. The number of halogens is 1. The van der Waals surface area contributed by atoms with Crippen LogP contribution in [-0.2, 0) is 16.0 Å². The molecular weight excluding hydrogens is 324 g/mol. The Labute approximate surface area is 151 Å². The monoisotopic (exact) mass is 352 g/mol. The van der Waals surface area contributed by atoms with Crippen molar-refractivity contribution in [3.63, 3.8) is 0 Å². The van der Waals surface area contributed by atoms with E-state index in [0.29, 0.717) is 10.9 Å². The van der Waals surface area contributed by atoms with E-state index in [1.54, 1.807) is 0 Å². The number of hydrogen-bond acceptors (Lipinski definition) is 3. The highest BCUT2D eigenvalue weighted by molar-refractivity contribution is 6.32. The molecule has 2 aliphatic rings. The molecule has 0 radical (unpaired) electrons. The summed E-state index contributed by atoms with van der Waals surface area (Å²) in [5, 5.41) is 0.706. The van der Waals surface area contributed by atoms with Crippen molar-refractivity contribution in [3.8, 4) is 5.75 Å². The third-order valence-corrected chi connectivity index (χ3v) is 4.09. The number of esters is 1. The van der Waals surface area contributed by atoms with Crippen LogP contribution < -0.4 is 4.74 Å². The van der Waals surface area contributed by atoms with Crippen molar-refractivity contribution >= 4 is 23.1 Å². The smallest absolute Gasteiger partial charge is 0.308 e. The van der Waals surface area contributed by atoms with Crippen LogP contribution in [0.5, 0.6) is 5.75 Å². The van der Waals surface area contributed by atoms with Crippen molar-refractivity contribution in [2.24, 2.45) is 11.8 Å². The van der Waals surface area contributed by atoms with Gasteiger partial charge in [0.15, 0.2) is 0 Å². The van der Waals surface area contributed by atoms with Gasteiger partial charge in [0, 0.05) is 0 Å². The van der Waals surface area contributed by atoms with E-state index in [-0.39, 0.29) is 11.9 Å². The maximum atomic E-state index is 10.4. The molecule has 1 saturated carbocycles. The predicted octanol–water partition coefficient (Wildman–Crippen LogP) is 5.54. The molecule has 0 bridgehead atoms. The van der Waals surface area contributed by atoms with Gasteiger partial charge in [0.05, 0.1) is 24.7 Å². The van der Waals surface area contributed by atoms with Gasteiger partial charge in [-0.2, -0.15) is 0 Å². The first kappa shape index (κ1) is 20.6. The highest BCUT2D eigenvalue weighted by Crippen LogP contribution is 2.36. The van der Waals surface area contributed by atoms with E-state index >= 15 is 0 Å². The molecule has 1 atom stereocenters. The fraction of sp³-hybridized carbons (Fsp3) is 0.550. The van der Waals surface area contributed by atoms with E-state index in [1.807, 2.05) is 26.8 Å². The minimum absolute atomic E-state index is 0.0417. The quantitative estimate of drug-likeness (QED) is 0.655. The zero-order valence-corrected chi connectivity index (χ0v) is 16.2. The van der Waals surface area contributed by atoms with Crippen molar-refractivity contribution in [2.75, 3.05) is 13.7 Å². The number of rotatable bonds is 2. The third kappa shape index (κ3) is 5.86. The molecule has 134 valence electrons. The summed E-state index contributed by atoms with van der Waals surface area (Å²) in [6.07, 6.45) is 3.11. The number of hydrogen-bond donors (Lipinski definition) is 0. The molecule has 0 amide bonds. The maximum Gasteiger partial charge on any atom is 0.308 e. The SMILES string of the molecule is C=C(C)c1cc(Cl)c2c(c1)CC(C)CO2.CC.COC(=O)C1CC1. The van der Waals surface area contributed by atoms with Crippen LogP contribution >= 0.6 is 11.6 Å². The number of benzene rings is 1. The van der Waals surface area contributed by atoms with Gasteiger partial charge in [-0.3, -0.25) is 4.79 Å². The van der Waals surface area contributed by atoms with Crippen LogP contribution in [0.1, 0.15) is 51.7 Å². The second-order valence-electron chi connectivity index (χ2n) is 6.14. The first-order valence-corrected chi connectivity index (χ1v) is 8.99. The van der Waals surface area contributed by atoms with Gasteiger partial charge in [0.2, 0.25) is 0 Å². The standard InChI is InChI=1S/C13H15ClO.C5H8O2.C2H6/c1-8(2)10-5-11-4-9(3)7-15-13(11)12(14)6-10;1-7-5(6)4-2-3-4;1-2/h5-6,9H,1,4,7H2,2-3H3;4H,2-3H2,1H3;1-2H3. The van der Waals surface area contributed by atoms with Crippen LogP contribution in [0.15, 0.2) is 18.7 Å². The lowest BCUT2D eigenvalue weighted by Crippen LogP contribution is -2.18. The fourth-order valence-electron chi connectivity index (χ4n) is 2.36. The molecule has 4 heteroatoms. The lowest BCUT2D eigenvalue weighted by molar-refractivity contribution is -0.142. The summed E-state index contributed by atoms with van der Waals surface area (Å²) >= 11 is 6.17. The Kier molecular flexibility index (Phi) is 8.34. The largest absolute Gasteiger partial charge is 0.491 e. The average molecular weight is 353 g/mol. The molecule has 3 rings (SSSR count). The number of methoxy groups -OCH3 is 1. The summed E-state index contributed by atoms with van der Waals surface area (Å²) in [5.74, 6) is 1.64. The zero-order chi connectivity index (χ0) is 18.3. The number of allylic oxidation sites excluding steroid dienone is 1. The molecule has 0 saturated heterocycles. The van der Waals surface area contributed by atoms with Gasteiger partial charge < -0.3 is 9.47 Å². The van der Waals surface area contributed by atoms with Gasteiger partial charge in [-0.05, 0) is 55.4 Å². The molecule has 1 aliphatic carbocycles. The van der Waals surface area contributed by atoms with Crippen molar-refractivity contribution < 1.29 is 14.3 Å². The van der Waals surface area contributed by atoms with E-state index in [9.17, 15) is 4.79 Å². The third-order valence-electron chi connectivity index (χ3n) is 3.81. The Hall–Kier alpha value is -1.48. The van der Waals surface area contributed by atoms with Gasteiger partial charge in [0.25, 0.3) is 0 Å². The first-order chi connectivity index (χ1) is 11.4. The molecule has 1 aromatic rings. The minimum Gasteiger partial charge on any atom is -0.491 e. The topological polar surface area (TPSA) is 35.5 Å². The van der Waals surface area contributed by atoms with E-state index in [0.717, 1.165) is 42.8 Å². The Morgan fingerprint density at radius 2 is 1.96 bits per heavy atom. The lowest BCUT2D eigenvalue weighted by atomic mass is 9.95. The van der Waals surface area contributed by atoms with Crippen LogP contribution in [0.3, 0.4) is 0 Å². The normalized spacial score (nSPS) is 17.8. The highest BCUT2D eigenvalue weighted by atomic mass is 35.5. The Morgan fingerprint density at radius 1 is 1.33 bits per heavy atom. The molecule has 1 fully saturated rings. The Balaban J connectivity index is 0.000000268. The molecule has 1 aliphatic heterocycles. The Morgan fingerprint density at radius 3 is 2.42 bits per heavy atom. The molecule has 1 unspecified atom stereocenters. The van der Waals surface area contributed by atoms with E-state index < -0.39 is 0 Å². The van der Waals surface area contributed by atoms with Crippen LogP contribution in [0.2, 0.25) is 5.02 Å². The number of ether oxygens (including phenoxy) is 2. The summed E-state index contributed by atoms with van der Waals surface area (Å²) in [6, 6.07) is 4.07. The zero-order valence-electron chi connectivity index (χ0n) is 15.4. The van der Waals surface area contributed by atoms with Crippen molar-refractivity contribution in [1.82, 2.24) is 0 Å². The molecule has 0 spiro atoms. The fourth-order valence-corrected chi connectivity index (χ4v) is 2.65. The van der Waals surface area contributed by atoms with Crippen LogP contribution in [0, 0.1) is 11.8 Å². The van der Waals surface area contributed by atoms with Crippen LogP contribution in [0.25, 0.3) is 5.57 Å². The predicted molar refractivity (Wildman–Crippen MR) is 101 cm³/mol. The highest BCUT2D eigenvalue weighted by Gasteiger charge is 2.30. The maximum absolute atomic E-state index is 10.4. The van der Waals surface area contributed by atoms with Crippen LogP contribution in [-0.4, -0.2) is 19.7 Å². The van der Waals surface area contributed by atoms with Crippen molar-refractivity contribution in [1.29, 1.82) is 0 Å². The molecule has 0 aromatic heterocycles. The van der Waals surface area contributed by atoms with E-state index in [4.69, 9.17) is 16.3 Å². The van der Waals surface area contributed by atoms with E-state index in [2.05, 4.69) is 24.3 Å². The summed E-state index contributed by atoms with van der Waals surface area (Å²) in [6.45, 7) is 12.9. The minimum atomic E-state index is -0.0417. The molecule has 3 nitrogen and oxygen atoms in total. The average Bonchev–Trinajstić information content (AvgIpc) is 3.41. The van der Waals surface area contributed by atoms with Gasteiger partial charge in [-0.25, -0.2) is 0 Å². The van der Waals surface area contributed by atoms with Crippen molar-refractivity contribution in [3.05, 3.63) is 34.9 Å². The number of fused-ring (bicyclic) bond motifs is 1. The molecular formula is C20H29ClO3. The Bertz CT molecular complexity index is 576. The van der Waals surface area contributed by atoms with Crippen molar-refractivity contribution in [2.45, 2.75) is 47.0 Å². The van der Waals surface area contributed by atoms with Crippen LogP contribution in [0.4, 0.5) is 0 Å². The second-order valence-corrected chi connectivity index (χ2v) is 6.55. The molecule has 1 aromatic carbocycles.